The molecule has 19 heavy (non-hydrogen) atoms. The van der Waals surface area contributed by atoms with Crippen molar-refractivity contribution >= 4 is 21.6 Å². The van der Waals surface area contributed by atoms with Crippen molar-refractivity contribution in [3.63, 3.8) is 0 Å². The van der Waals surface area contributed by atoms with Crippen LogP contribution in [0.3, 0.4) is 0 Å². The fourth-order valence-corrected chi connectivity index (χ4v) is 2.23. The Morgan fingerprint density at radius 2 is 2.16 bits per heavy atom. The molecule has 0 saturated carbocycles. The molecule has 5 heteroatoms. The maximum atomic E-state index is 13.6. The van der Waals surface area contributed by atoms with Crippen LogP contribution < -0.4 is 5.32 Å². The summed E-state index contributed by atoms with van der Waals surface area (Å²) in [5.74, 6) is -0.294. The molecule has 0 aliphatic heterocycles. The number of nitrogens with one attached hydrogen (secondary N) is 1. The van der Waals surface area contributed by atoms with Crippen molar-refractivity contribution in [3.05, 3.63) is 51.5 Å². The van der Waals surface area contributed by atoms with Gasteiger partial charge in [0.15, 0.2) is 0 Å². The van der Waals surface area contributed by atoms with E-state index >= 15 is 0 Å². The first kappa shape index (κ1) is 13.6. The Hall–Kier alpha value is -1.80. The fraction of sp³-hybridized carbons (Fsp3) is 0.214. The second-order valence-corrected chi connectivity index (χ2v) is 5.20. The van der Waals surface area contributed by atoms with Gasteiger partial charge in [0.25, 0.3) is 0 Å². The summed E-state index contributed by atoms with van der Waals surface area (Å²) >= 11 is 3.31. The molecular weight excluding hydrogens is 309 g/mol. The lowest BCUT2D eigenvalue weighted by Gasteiger charge is -2.08. The van der Waals surface area contributed by atoms with Crippen LogP contribution in [0.4, 0.5) is 10.1 Å². The Labute approximate surface area is 119 Å². The molecule has 0 atom stereocenters. The van der Waals surface area contributed by atoms with Gasteiger partial charge in [-0.15, -0.1) is 0 Å². The van der Waals surface area contributed by atoms with Crippen LogP contribution in [0, 0.1) is 24.1 Å². The molecule has 3 nitrogen and oxygen atoms in total. The van der Waals surface area contributed by atoms with E-state index < -0.39 is 0 Å². The van der Waals surface area contributed by atoms with E-state index in [2.05, 4.69) is 27.3 Å². The minimum absolute atomic E-state index is 0.294. The third-order valence-corrected chi connectivity index (χ3v) is 3.65. The highest BCUT2D eigenvalue weighted by Gasteiger charge is 2.09. The van der Waals surface area contributed by atoms with Crippen molar-refractivity contribution in [2.45, 2.75) is 13.5 Å². The summed E-state index contributed by atoms with van der Waals surface area (Å²) in [5, 5.41) is 12.0. The maximum Gasteiger partial charge on any atom is 0.146 e. The fourth-order valence-electron chi connectivity index (χ4n) is 1.87. The van der Waals surface area contributed by atoms with Gasteiger partial charge in [-0.2, -0.15) is 5.26 Å². The van der Waals surface area contributed by atoms with Crippen LogP contribution in [-0.2, 0) is 13.6 Å². The molecule has 0 bridgehead atoms. The molecule has 1 heterocycles. The molecule has 0 amide bonds. The van der Waals surface area contributed by atoms with Crippen LogP contribution in [0.25, 0.3) is 0 Å². The first-order chi connectivity index (χ1) is 9.02. The molecule has 0 aliphatic carbocycles. The smallest absolute Gasteiger partial charge is 0.146 e. The minimum atomic E-state index is -0.294. The lowest BCUT2D eigenvalue weighted by Crippen LogP contribution is -2.03. The predicted molar refractivity (Wildman–Crippen MR) is 76.3 cm³/mol. The molecule has 1 aromatic carbocycles. The Morgan fingerprint density at radius 3 is 2.79 bits per heavy atom. The number of hydrogen-bond donors (Lipinski definition) is 1. The third-order valence-electron chi connectivity index (χ3n) is 3.15. The van der Waals surface area contributed by atoms with Crippen LogP contribution in [-0.4, -0.2) is 4.57 Å². The first-order valence-electron chi connectivity index (χ1n) is 5.77. The van der Waals surface area contributed by atoms with Crippen LogP contribution in [0.2, 0.25) is 0 Å². The van der Waals surface area contributed by atoms with E-state index in [4.69, 9.17) is 5.26 Å². The second kappa shape index (κ2) is 5.45. The van der Waals surface area contributed by atoms with Crippen LogP contribution in [0.15, 0.2) is 28.7 Å². The third kappa shape index (κ3) is 2.79. The standard InChI is InChI=1S/C14H13BrFN3/c1-9-10(5-12(7-17)19(9)2)8-18-14-6-11(15)3-4-13(14)16/h3-6,18H,8H2,1-2H3. The van der Waals surface area contributed by atoms with E-state index in [1.165, 1.54) is 6.07 Å². The molecular formula is C14H13BrFN3. The molecule has 0 aliphatic rings. The molecule has 0 unspecified atom stereocenters. The average molecular weight is 322 g/mol. The summed E-state index contributed by atoms with van der Waals surface area (Å²) < 4.78 is 16.2. The van der Waals surface area contributed by atoms with E-state index in [1.54, 1.807) is 12.1 Å². The van der Waals surface area contributed by atoms with E-state index in [0.717, 1.165) is 15.7 Å². The van der Waals surface area contributed by atoms with Gasteiger partial charge in [0.2, 0.25) is 0 Å². The Morgan fingerprint density at radius 1 is 1.42 bits per heavy atom. The molecule has 0 radical (unpaired) electrons. The number of rotatable bonds is 3. The van der Waals surface area contributed by atoms with Crippen molar-refractivity contribution in [2.75, 3.05) is 5.32 Å². The van der Waals surface area contributed by atoms with Crippen LogP contribution in [0.1, 0.15) is 17.0 Å². The van der Waals surface area contributed by atoms with Crippen molar-refractivity contribution < 1.29 is 4.39 Å². The lowest BCUT2D eigenvalue weighted by atomic mass is 10.2. The molecule has 2 aromatic rings. The molecule has 0 spiro atoms. The van der Waals surface area contributed by atoms with Crippen molar-refractivity contribution in [1.29, 1.82) is 5.26 Å². The van der Waals surface area contributed by atoms with E-state index in [-0.39, 0.29) is 5.82 Å². The SMILES string of the molecule is Cc1c(CNc2cc(Br)ccc2F)cc(C#N)n1C. The monoisotopic (exact) mass is 321 g/mol. The van der Waals surface area contributed by atoms with E-state index in [9.17, 15) is 4.39 Å². The van der Waals surface area contributed by atoms with Crippen LogP contribution in [0.5, 0.6) is 0 Å². The molecule has 98 valence electrons. The molecule has 0 saturated heterocycles. The molecule has 1 aromatic heterocycles. The van der Waals surface area contributed by atoms with Crippen molar-refractivity contribution in [3.8, 4) is 6.07 Å². The lowest BCUT2D eigenvalue weighted by molar-refractivity contribution is 0.630. The molecule has 2 rings (SSSR count). The number of nitrogens with zero attached hydrogens (tertiary/aromatic N) is 2. The van der Waals surface area contributed by atoms with Crippen LogP contribution >= 0.6 is 15.9 Å². The Kier molecular flexibility index (Phi) is 3.91. The topological polar surface area (TPSA) is 40.8 Å². The Bertz CT molecular complexity index is 655. The molecule has 0 fully saturated rings. The van der Waals surface area contributed by atoms with Gasteiger partial charge < -0.3 is 9.88 Å². The second-order valence-electron chi connectivity index (χ2n) is 4.29. The Balaban J connectivity index is 2.19. The first-order valence-corrected chi connectivity index (χ1v) is 6.56. The normalized spacial score (nSPS) is 10.3. The van der Waals surface area contributed by atoms with Gasteiger partial charge in [0.1, 0.15) is 17.6 Å². The number of nitriles is 1. The van der Waals surface area contributed by atoms with Gasteiger partial charge in [-0.25, -0.2) is 4.39 Å². The zero-order valence-electron chi connectivity index (χ0n) is 10.7. The van der Waals surface area contributed by atoms with Gasteiger partial charge in [-0.05, 0) is 36.8 Å². The quantitative estimate of drug-likeness (QED) is 0.936. The number of halogens is 2. The number of anilines is 1. The summed E-state index contributed by atoms with van der Waals surface area (Å²) in [5.41, 5.74) is 3.03. The highest BCUT2D eigenvalue weighted by Crippen LogP contribution is 2.21. The van der Waals surface area contributed by atoms with E-state index in [1.807, 2.05) is 24.6 Å². The highest BCUT2D eigenvalue weighted by molar-refractivity contribution is 9.10. The van der Waals surface area contributed by atoms with Crippen molar-refractivity contribution in [1.82, 2.24) is 4.57 Å². The van der Waals surface area contributed by atoms with Gasteiger partial charge >= 0.3 is 0 Å². The summed E-state index contributed by atoms with van der Waals surface area (Å²) in [4.78, 5) is 0. The van der Waals surface area contributed by atoms with E-state index in [0.29, 0.717) is 17.9 Å². The zero-order valence-corrected chi connectivity index (χ0v) is 12.3. The summed E-state index contributed by atoms with van der Waals surface area (Å²) in [6.07, 6.45) is 0. The maximum absolute atomic E-state index is 13.6. The van der Waals surface area contributed by atoms with Gasteiger partial charge in [0, 0.05) is 23.8 Å². The summed E-state index contributed by atoms with van der Waals surface area (Å²) in [6, 6.07) is 8.70. The number of benzene rings is 1. The number of aromatic nitrogens is 1. The van der Waals surface area contributed by atoms with Crippen molar-refractivity contribution in [2.24, 2.45) is 7.05 Å². The summed E-state index contributed by atoms with van der Waals surface area (Å²) in [7, 11) is 1.84. The minimum Gasteiger partial charge on any atom is -0.378 e. The number of hydrogen-bond acceptors (Lipinski definition) is 2. The predicted octanol–water partition coefficient (Wildman–Crippen LogP) is 3.72. The van der Waals surface area contributed by atoms with Gasteiger partial charge in [0.05, 0.1) is 5.69 Å². The molecule has 1 N–H and O–H groups in total. The van der Waals surface area contributed by atoms with Gasteiger partial charge in [-0.1, -0.05) is 15.9 Å². The largest absolute Gasteiger partial charge is 0.378 e. The zero-order chi connectivity index (χ0) is 14.0. The van der Waals surface area contributed by atoms with Gasteiger partial charge in [-0.3, -0.25) is 0 Å². The summed E-state index contributed by atoms with van der Waals surface area (Å²) in [6.45, 7) is 2.42. The highest BCUT2D eigenvalue weighted by atomic mass is 79.9. The average Bonchev–Trinajstić information content (AvgIpc) is 2.67.